The molecule has 2 rings (SSSR count). The summed E-state index contributed by atoms with van der Waals surface area (Å²) in [6, 6.07) is 3.42. The third-order valence-electron chi connectivity index (χ3n) is 3.64. The maximum absolute atomic E-state index is 12.4. The number of carbonyl (C=O) groups is 1. The number of phenols is 1. The number of nitrogens with zero attached hydrogens (tertiary/aromatic N) is 1. The molecule has 24 heavy (non-hydrogen) atoms. The molecule has 0 radical (unpaired) electrons. The van der Waals surface area contributed by atoms with E-state index in [4.69, 9.17) is 4.74 Å². The molecule has 1 fully saturated rings. The van der Waals surface area contributed by atoms with Crippen LogP contribution in [0.2, 0.25) is 0 Å². The molecule has 8 heteroatoms. The van der Waals surface area contributed by atoms with Gasteiger partial charge in [-0.1, -0.05) is 0 Å². The summed E-state index contributed by atoms with van der Waals surface area (Å²) >= 11 is 0. The average molecular weight is 347 g/mol. The van der Waals surface area contributed by atoms with Gasteiger partial charge in [-0.3, -0.25) is 4.79 Å². The lowest BCUT2D eigenvalue weighted by molar-refractivity contribution is -0.153. The second-order valence-electron chi connectivity index (χ2n) is 5.79. The van der Waals surface area contributed by atoms with E-state index in [-0.39, 0.29) is 23.2 Å². The largest absolute Gasteiger partial charge is 0.508 e. The third kappa shape index (κ3) is 5.59. The third-order valence-corrected chi connectivity index (χ3v) is 3.64. The highest BCUT2D eigenvalue weighted by atomic mass is 19.4. The van der Waals surface area contributed by atoms with Crippen LogP contribution in [0, 0.1) is 0 Å². The smallest absolute Gasteiger partial charge is 0.422 e. The van der Waals surface area contributed by atoms with Crippen LogP contribution in [0.15, 0.2) is 18.2 Å². The van der Waals surface area contributed by atoms with Crippen LogP contribution in [-0.4, -0.2) is 55.0 Å². The van der Waals surface area contributed by atoms with E-state index in [1.54, 1.807) is 7.05 Å². The van der Waals surface area contributed by atoms with E-state index >= 15 is 0 Å². The summed E-state index contributed by atoms with van der Waals surface area (Å²) in [4.78, 5) is 13.8. The van der Waals surface area contributed by atoms with Crippen LogP contribution in [0.5, 0.6) is 11.5 Å². The molecule has 1 amide bonds. The van der Waals surface area contributed by atoms with Crippen molar-refractivity contribution in [1.29, 1.82) is 0 Å². The highest BCUT2D eigenvalue weighted by Gasteiger charge is 2.28. The molecule has 1 atom stereocenters. The summed E-state index contributed by atoms with van der Waals surface area (Å²) in [5, 5.41) is 9.62. The second-order valence-corrected chi connectivity index (χ2v) is 5.79. The van der Waals surface area contributed by atoms with Gasteiger partial charge in [-0.25, -0.2) is 0 Å². The zero-order valence-electron chi connectivity index (χ0n) is 13.3. The lowest BCUT2D eigenvalue weighted by Crippen LogP contribution is -2.37. The normalized spacial score (nSPS) is 18.2. The van der Waals surface area contributed by atoms with Crippen LogP contribution in [0.3, 0.4) is 0 Å². The van der Waals surface area contributed by atoms with Gasteiger partial charge in [0, 0.05) is 31.8 Å². The van der Waals surface area contributed by atoms with Crippen LogP contribution in [0.4, 0.5) is 13.2 Å². The van der Waals surface area contributed by atoms with Crippen molar-refractivity contribution in [3.05, 3.63) is 23.8 Å². The Morgan fingerprint density at radius 3 is 2.75 bits per heavy atom. The molecule has 1 saturated heterocycles. The summed E-state index contributed by atoms with van der Waals surface area (Å²) in [6.07, 6.45) is -1.65. The predicted molar refractivity (Wildman–Crippen MR) is 80.2 cm³/mol. The van der Waals surface area contributed by atoms with Gasteiger partial charge < -0.3 is 19.5 Å². The predicted octanol–water partition coefficient (Wildman–Crippen LogP) is 2.97. The van der Waals surface area contributed by atoms with E-state index in [1.165, 1.54) is 17.0 Å². The Morgan fingerprint density at radius 2 is 2.12 bits per heavy atom. The number of hydrogen-bond donors (Lipinski definition) is 1. The van der Waals surface area contributed by atoms with E-state index in [0.29, 0.717) is 13.2 Å². The molecular formula is C16H20F3NO4. The van der Waals surface area contributed by atoms with Crippen LogP contribution in [0.1, 0.15) is 29.6 Å². The minimum absolute atomic E-state index is 0.0500. The van der Waals surface area contributed by atoms with Crippen molar-refractivity contribution >= 4 is 5.91 Å². The molecule has 1 N–H and O–H groups in total. The summed E-state index contributed by atoms with van der Waals surface area (Å²) in [5.74, 6) is -0.963. The monoisotopic (exact) mass is 347 g/mol. The first-order valence-corrected chi connectivity index (χ1v) is 7.65. The number of alkyl halides is 3. The SMILES string of the molecule is CN(C[C@H]1CCCCO1)C(=O)c1cc(O)cc(OCC(F)(F)F)c1. The van der Waals surface area contributed by atoms with Gasteiger partial charge >= 0.3 is 6.18 Å². The molecule has 0 spiro atoms. The fourth-order valence-electron chi connectivity index (χ4n) is 2.52. The van der Waals surface area contributed by atoms with E-state index < -0.39 is 18.7 Å². The minimum atomic E-state index is -4.50. The number of carbonyl (C=O) groups excluding carboxylic acids is 1. The van der Waals surface area contributed by atoms with E-state index in [0.717, 1.165) is 25.3 Å². The molecule has 5 nitrogen and oxygen atoms in total. The summed E-state index contributed by atoms with van der Waals surface area (Å²) in [7, 11) is 1.58. The Bertz CT molecular complexity index is 571. The summed E-state index contributed by atoms with van der Waals surface area (Å²) in [5.41, 5.74) is 0.0606. The van der Waals surface area contributed by atoms with Crippen molar-refractivity contribution in [2.24, 2.45) is 0 Å². The molecular weight excluding hydrogens is 327 g/mol. The second kappa shape index (κ2) is 7.74. The van der Waals surface area contributed by atoms with Crippen LogP contribution in [0.25, 0.3) is 0 Å². The number of amides is 1. The number of hydrogen-bond acceptors (Lipinski definition) is 4. The summed E-state index contributed by atoms with van der Waals surface area (Å²) < 4.78 is 46.8. The highest BCUT2D eigenvalue weighted by molar-refractivity contribution is 5.95. The van der Waals surface area contributed by atoms with E-state index in [9.17, 15) is 23.1 Å². The standard InChI is InChI=1S/C16H20F3NO4/c1-20(9-13-4-2-3-5-23-13)15(22)11-6-12(21)8-14(7-11)24-10-16(17,18)19/h6-8,13,21H,2-5,9-10H2,1H3/t13-/m1/s1. The average Bonchev–Trinajstić information content (AvgIpc) is 2.52. The Kier molecular flexibility index (Phi) is 5.93. The van der Waals surface area contributed by atoms with Gasteiger partial charge in [0.15, 0.2) is 6.61 Å². The molecule has 0 saturated carbocycles. The number of rotatable bonds is 5. The van der Waals surface area contributed by atoms with Gasteiger partial charge in [-0.05, 0) is 31.4 Å². The van der Waals surface area contributed by atoms with Gasteiger partial charge in [0.05, 0.1) is 6.10 Å². The zero-order chi connectivity index (χ0) is 17.7. The number of halogens is 3. The molecule has 1 aliphatic heterocycles. The van der Waals surface area contributed by atoms with Crippen LogP contribution < -0.4 is 4.74 Å². The minimum Gasteiger partial charge on any atom is -0.508 e. The van der Waals surface area contributed by atoms with E-state index in [1.807, 2.05) is 0 Å². The van der Waals surface area contributed by atoms with Crippen molar-refractivity contribution < 1.29 is 32.5 Å². The fourth-order valence-corrected chi connectivity index (χ4v) is 2.52. The fraction of sp³-hybridized carbons (Fsp3) is 0.562. The molecule has 0 aliphatic carbocycles. The Balaban J connectivity index is 2.03. The first kappa shape index (κ1) is 18.4. The Hall–Kier alpha value is -1.96. The summed E-state index contributed by atoms with van der Waals surface area (Å²) in [6.45, 7) is -0.447. The van der Waals surface area contributed by atoms with Crippen LogP contribution in [-0.2, 0) is 4.74 Å². The van der Waals surface area contributed by atoms with Crippen molar-refractivity contribution in [1.82, 2.24) is 4.90 Å². The molecule has 134 valence electrons. The molecule has 1 aliphatic rings. The molecule has 1 aromatic rings. The zero-order valence-corrected chi connectivity index (χ0v) is 13.3. The van der Waals surface area contributed by atoms with Crippen LogP contribution >= 0.6 is 0 Å². The number of ether oxygens (including phenoxy) is 2. The Labute approximate surface area is 138 Å². The highest BCUT2D eigenvalue weighted by Crippen LogP contribution is 2.25. The molecule has 1 heterocycles. The first-order chi connectivity index (χ1) is 11.2. The number of phenolic OH excluding ortho intramolecular Hbond substituents is 1. The maximum atomic E-state index is 12.4. The van der Waals surface area contributed by atoms with Gasteiger partial charge in [-0.15, -0.1) is 0 Å². The van der Waals surface area contributed by atoms with Gasteiger partial charge in [0.25, 0.3) is 5.91 Å². The number of aromatic hydroxyl groups is 1. The molecule has 0 aromatic heterocycles. The first-order valence-electron chi connectivity index (χ1n) is 7.65. The topological polar surface area (TPSA) is 59.0 Å². The van der Waals surface area contributed by atoms with Gasteiger partial charge in [-0.2, -0.15) is 13.2 Å². The molecule has 0 bridgehead atoms. The lowest BCUT2D eigenvalue weighted by atomic mass is 10.1. The Morgan fingerprint density at radius 1 is 1.38 bits per heavy atom. The van der Waals surface area contributed by atoms with Gasteiger partial charge in [0.1, 0.15) is 11.5 Å². The van der Waals surface area contributed by atoms with E-state index in [2.05, 4.69) is 4.74 Å². The maximum Gasteiger partial charge on any atom is 0.422 e. The number of likely N-dealkylation sites (N-methyl/N-ethyl adjacent to an activating group) is 1. The van der Waals surface area contributed by atoms with Crippen molar-refractivity contribution in [3.63, 3.8) is 0 Å². The van der Waals surface area contributed by atoms with Crippen molar-refractivity contribution in [2.75, 3.05) is 26.8 Å². The lowest BCUT2D eigenvalue weighted by Gasteiger charge is -2.27. The quantitative estimate of drug-likeness (QED) is 0.890. The van der Waals surface area contributed by atoms with Crippen molar-refractivity contribution in [3.8, 4) is 11.5 Å². The van der Waals surface area contributed by atoms with Gasteiger partial charge in [0.2, 0.25) is 0 Å². The van der Waals surface area contributed by atoms with Crippen molar-refractivity contribution in [2.45, 2.75) is 31.5 Å². The molecule has 0 unspecified atom stereocenters. The molecule has 1 aromatic carbocycles. The number of benzene rings is 1.